The van der Waals surface area contributed by atoms with Crippen LogP contribution in [0.3, 0.4) is 0 Å². The number of hydrogen-bond acceptors (Lipinski definition) is 4. The fourth-order valence-electron chi connectivity index (χ4n) is 3.39. The quantitative estimate of drug-likeness (QED) is 0.483. The lowest BCUT2D eigenvalue weighted by molar-refractivity contribution is -0.139. The summed E-state index contributed by atoms with van der Waals surface area (Å²) in [6.07, 6.45) is 2.82. The smallest absolute Gasteiger partial charge is 0.244 e. The van der Waals surface area contributed by atoms with E-state index in [0.717, 1.165) is 34.5 Å². The number of anilines is 1. The first-order valence-electron chi connectivity index (χ1n) is 10.9. The molecule has 0 radical (unpaired) electrons. The van der Waals surface area contributed by atoms with Crippen LogP contribution in [-0.4, -0.2) is 50.5 Å². The van der Waals surface area contributed by atoms with Gasteiger partial charge < -0.3 is 10.2 Å². The number of para-hydroxylation sites is 1. The second-order valence-electron chi connectivity index (χ2n) is 8.03. The first-order chi connectivity index (χ1) is 15.5. The van der Waals surface area contributed by atoms with Gasteiger partial charge in [0.25, 0.3) is 0 Å². The Labute approximate surface area is 201 Å². The van der Waals surface area contributed by atoms with Crippen LogP contribution in [0.1, 0.15) is 37.8 Å². The zero-order valence-corrected chi connectivity index (χ0v) is 21.1. The topological polar surface area (TPSA) is 86.8 Å². The van der Waals surface area contributed by atoms with E-state index in [1.165, 1.54) is 4.90 Å². The lowest BCUT2D eigenvalue weighted by Crippen LogP contribution is -2.51. The molecule has 0 saturated heterocycles. The van der Waals surface area contributed by atoms with Gasteiger partial charge in [0.05, 0.1) is 11.9 Å². The van der Waals surface area contributed by atoms with Gasteiger partial charge in [-0.2, -0.15) is 0 Å². The van der Waals surface area contributed by atoms with Gasteiger partial charge in [-0.05, 0) is 49.6 Å². The van der Waals surface area contributed by atoms with Gasteiger partial charge in [-0.25, -0.2) is 8.42 Å². The molecule has 180 valence electrons. The Balaban J connectivity index is 2.36. The summed E-state index contributed by atoms with van der Waals surface area (Å²) < 4.78 is 26.2. The highest BCUT2D eigenvalue weighted by molar-refractivity contribution is 7.92. The molecular weight excluding hydrogens is 462 g/mol. The molecule has 7 nitrogen and oxygen atoms in total. The van der Waals surface area contributed by atoms with Gasteiger partial charge in [0.1, 0.15) is 12.6 Å². The average molecular weight is 494 g/mol. The van der Waals surface area contributed by atoms with Crippen LogP contribution in [0.2, 0.25) is 5.02 Å². The molecule has 2 aromatic carbocycles. The van der Waals surface area contributed by atoms with Gasteiger partial charge in [-0.3, -0.25) is 13.9 Å². The van der Waals surface area contributed by atoms with Gasteiger partial charge >= 0.3 is 0 Å². The fraction of sp³-hybridized carbons (Fsp3) is 0.417. The first-order valence-corrected chi connectivity index (χ1v) is 13.1. The first kappa shape index (κ1) is 26.7. The molecule has 2 amide bonds. The van der Waals surface area contributed by atoms with Crippen LogP contribution in [0.4, 0.5) is 5.69 Å². The van der Waals surface area contributed by atoms with E-state index in [1.54, 1.807) is 56.3 Å². The maximum atomic E-state index is 13.5. The van der Waals surface area contributed by atoms with Crippen LogP contribution in [0, 0.1) is 6.92 Å². The summed E-state index contributed by atoms with van der Waals surface area (Å²) in [6.45, 7) is 5.66. The summed E-state index contributed by atoms with van der Waals surface area (Å²) in [5, 5.41) is 3.36. The predicted molar refractivity (Wildman–Crippen MR) is 133 cm³/mol. The third-order valence-electron chi connectivity index (χ3n) is 5.30. The Kier molecular flexibility index (Phi) is 9.73. The van der Waals surface area contributed by atoms with Gasteiger partial charge in [0.2, 0.25) is 21.8 Å². The molecule has 0 aliphatic carbocycles. The van der Waals surface area contributed by atoms with Crippen LogP contribution in [0.15, 0.2) is 48.5 Å². The Bertz CT molecular complexity index is 1070. The largest absolute Gasteiger partial charge is 0.354 e. The molecule has 0 fully saturated rings. The summed E-state index contributed by atoms with van der Waals surface area (Å²) in [6, 6.07) is 13.2. The number of amides is 2. The molecule has 2 rings (SSSR count). The molecule has 0 saturated carbocycles. The molecule has 0 unspecified atom stereocenters. The molecule has 1 atom stereocenters. The molecule has 9 heteroatoms. The van der Waals surface area contributed by atoms with E-state index in [9.17, 15) is 18.0 Å². The number of nitrogens with zero attached hydrogens (tertiary/aromatic N) is 2. The second-order valence-corrected chi connectivity index (χ2v) is 10.4. The summed E-state index contributed by atoms with van der Waals surface area (Å²) in [5.74, 6) is -0.776. The number of unbranched alkanes of at least 4 members (excludes halogenated alkanes) is 1. The zero-order valence-electron chi connectivity index (χ0n) is 19.5. The van der Waals surface area contributed by atoms with E-state index in [2.05, 4.69) is 5.32 Å². The van der Waals surface area contributed by atoms with Crippen LogP contribution < -0.4 is 9.62 Å². The summed E-state index contributed by atoms with van der Waals surface area (Å²) >= 11 is 6.11. The molecule has 33 heavy (non-hydrogen) atoms. The van der Waals surface area contributed by atoms with Crippen molar-refractivity contribution >= 4 is 39.1 Å². The van der Waals surface area contributed by atoms with Gasteiger partial charge in [0, 0.05) is 18.1 Å². The van der Waals surface area contributed by atoms with E-state index >= 15 is 0 Å². The number of halogens is 1. The van der Waals surface area contributed by atoms with Crippen molar-refractivity contribution in [1.29, 1.82) is 0 Å². The van der Waals surface area contributed by atoms with Crippen molar-refractivity contribution in [3.05, 3.63) is 64.7 Å². The predicted octanol–water partition coefficient (Wildman–Crippen LogP) is 3.75. The highest BCUT2D eigenvalue weighted by Crippen LogP contribution is 2.23. The van der Waals surface area contributed by atoms with E-state index in [-0.39, 0.29) is 12.5 Å². The van der Waals surface area contributed by atoms with Gasteiger partial charge in [-0.1, -0.05) is 55.3 Å². The standard InChI is InChI=1S/C24H32ClN3O4S/c1-5-6-14-26-24(30)19(3)27(16-20-11-9-12-21(25)15-20)23(29)17-28(33(4,31)32)22-13-8-7-10-18(22)2/h7-13,15,19H,5-6,14,16-17H2,1-4H3,(H,26,30)/t19-/m1/s1. The highest BCUT2D eigenvalue weighted by Gasteiger charge is 2.30. The van der Waals surface area contributed by atoms with Crippen molar-refractivity contribution in [2.45, 2.75) is 46.2 Å². The van der Waals surface area contributed by atoms with Crippen molar-refractivity contribution in [2.24, 2.45) is 0 Å². The monoisotopic (exact) mass is 493 g/mol. The fourth-order valence-corrected chi connectivity index (χ4v) is 4.51. The third kappa shape index (κ3) is 7.75. The normalized spacial score (nSPS) is 12.2. The summed E-state index contributed by atoms with van der Waals surface area (Å²) in [5.41, 5.74) is 1.89. The molecular formula is C24H32ClN3O4S. The molecule has 1 N–H and O–H groups in total. The number of hydrogen-bond donors (Lipinski definition) is 1. The van der Waals surface area contributed by atoms with Crippen molar-refractivity contribution in [1.82, 2.24) is 10.2 Å². The Morgan fingerprint density at radius 2 is 1.82 bits per heavy atom. The van der Waals surface area contributed by atoms with Gasteiger partial charge in [0.15, 0.2) is 0 Å². The highest BCUT2D eigenvalue weighted by atomic mass is 35.5. The summed E-state index contributed by atoms with van der Waals surface area (Å²) in [7, 11) is -3.75. The number of sulfonamides is 1. The van der Waals surface area contributed by atoms with Crippen LogP contribution in [-0.2, 0) is 26.2 Å². The maximum Gasteiger partial charge on any atom is 0.244 e. The van der Waals surface area contributed by atoms with Crippen molar-refractivity contribution < 1.29 is 18.0 Å². The van der Waals surface area contributed by atoms with Crippen LogP contribution >= 0.6 is 11.6 Å². The molecule has 0 aromatic heterocycles. The molecule has 0 bridgehead atoms. The molecule has 0 spiro atoms. The Hall–Kier alpha value is -2.58. The van der Waals surface area contributed by atoms with E-state index in [4.69, 9.17) is 11.6 Å². The number of benzene rings is 2. The second kappa shape index (κ2) is 12.0. The SMILES string of the molecule is CCCCNC(=O)[C@@H](C)N(Cc1cccc(Cl)c1)C(=O)CN(c1ccccc1C)S(C)(=O)=O. The number of rotatable bonds is 11. The van der Waals surface area contributed by atoms with Crippen LogP contribution in [0.5, 0.6) is 0 Å². The number of nitrogens with one attached hydrogen (secondary N) is 1. The molecule has 0 heterocycles. The Morgan fingerprint density at radius 3 is 2.42 bits per heavy atom. The minimum Gasteiger partial charge on any atom is -0.354 e. The number of aryl methyl sites for hydroxylation is 1. The zero-order chi connectivity index (χ0) is 24.6. The van der Waals surface area contributed by atoms with E-state index < -0.39 is 28.5 Å². The number of carbonyl (C=O) groups excluding carboxylic acids is 2. The Morgan fingerprint density at radius 1 is 1.12 bits per heavy atom. The summed E-state index contributed by atoms with van der Waals surface area (Å²) in [4.78, 5) is 27.6. The van der Waals surface area contributed by atoms with E-state index in [0.29, 0.717) is 17.3 Å². The lowest BCUT2D eigenvalue weighted by atomic mass is 10.1. The minimum absolute atomic E-state index is 0.118. The lowest BCUT2D eigenvalue weighted by Gasteiger charge is -2.32. The number of carbonyl (C=O) groups is 2. The van der Waals surface area contributed by atoms with Crippen molar-refractivity contribution in [2.75, 3.05) is 23.7 Å². The van der Waals surface area contributed by atoms with E-state index in [1.807, 2.05) is 13.0 Å². The minimum atomic E-state index is -3.75. The molecule has 2 aromatic rings. The average Bonchev–Trinajstić information content (AvgIpc) is 2.75. The van der Waals surface area contributed by atoms with Gasteiger partial charge in [-0.15, -0.1) is 0 Å². The van der Waals surface area contributed by atoms with Crippen molar-refractivity contribution in [3.8, 4) is 0 Å². The molecule has 0 aliphatic heterocycles. The maximum absolute atomic E-state index is 13.5. The van der Waals surface area contributed by atoms with Crippen LogP contribution in [0.25, 0.3) is 0 Å². The molecule has 0 aliphatic rings. The van der Waals surface area contributed by atoms with Crippen molar-refractivity contribution in [3.63, 3.8) is 0 Å². The third-order valence-corrected chi connectivity index (χ3v) is 6.66.